The van der Waals surface area contributed by atoms with E-state index in [0.29, 0.717) is 17.9 Å². The fraction of sp³-hybridized carbons (Fsp3) is 0.250. The molecule has 0 fully saturated rings. The molecule has 0 amide bonds. The Morgan fingerprint density at radius 3 is 2.17 bits per heavy atom. The number of phenols is 1. The van der Waals surface area contributed by atoms with Crippen LogP contribution in [0.15, 0.2) is 60.7 Å². The molecule has 0 saturated heterocycles. The highest BCUT2D eigenvalue weighted by Crippen LogP contribution is 2.36. The first-order valence-corrected chi connectivity index (χ1v) is 11.9. The fourth-order valence-electron chi connectivity index (χ4n) is 3.42. The van der Waals surface area contributed by atoms with Gasteiger partial charge in [0, 0.05) is 13.1 Å². The van der Waals surface area contributed by atoms with E-state index in [1.54, 1.807) is 6.07 Å². The predicted octanol–water partition coefficient (Wildman–Crippen LogP) is 5.43. The molecule has 1 unspecified atom stereocenters. The second-order valence-electron chi connectivity index (χ2n) is 7.66. The van der Waals surface area contributed by atoms with Crippen LogP contribution in [-0.2, 0) is 17.4 Å². The zero-order valence-corrected chi connectivity index (χ0v) is 17.9. The Labute approximate surface area is 172 Å². The Kier molecular flexibility index (Phi) is 6.46. The Morgan fingerprint density at radius 1 is 0.897 bits per heavy atom. The van der Waals surface area contributed by atoms with Crippen LogP contribution in [0.4, 0.5) is 0 Å². The maximum Gasteiger partial charge on any atom is 0.233 e. The summed E-state index contributed by atoms with van der Waals surface area (Å²) in [4.78, 5) is 9.43. The minimum absolute atomic E-state index is 0.188. The molecular weight excluding hydrogens is 383 g/mol. The van der Waals surface area contributed by atoms with Gasteiger partial charge in [-0.05, 0) is 71.8 Å². The third kappa shape index (κ3) is 5.96. The molecule has 5 heteroatoms. The summed E-state index contributed by atoms with van der Waals surface area (Å²) in [7, 11) is -3.21. The minimum atomic E-state index is -3.21. The lowest BCUT2D eigenvalue weighted by Gasteiger charge is -2.15. The largest absolute Gasteiger partial charge is 0.508 e. The average Bonchev–Trinajstić information content (AvgIpc) is 2.66. The van der Waals surface area contributed by atoms with Gasteiger partial charge in [-0.25, -0.2) is 0 Å². The van der Waals surface area contributed by atoms with Crippen molar-refractivity contribution in [1.29, 1.82) is 0 Å². The molecule has 0 aliphatic heterocycles. The fourth-order valence-corrected chi connectivity index (χ4v) is 3.81. The molecule has 0 aliphatic carbocycles. The first kappa shape index (κ1) is 21.2. The normalized spacial score (nSPS) is 13.1. The van der Waals surface area contributed by atoms with Gasteiger partial charge in [0.05, 0.1) is 0 Å². The van der Waals surface area contributed by atoms with Crippen molar-refractivity contribution < 1.29 is 19.3 Å². The van der Waals surface area contributed by atoms with Gasteiger partial charge in [-0.15, -0.1) is 0 Å². The van der Waals surface area contributed by atoms with Crippen LogP contribution in [-0.4, -0.2) is 23.0 Å². The molecule has 0 saturated carbocycles. The van der Waals surface area contributed by atoms with E-state index in [1.807, 2.05) is 50.2 Å². The number of hydrogen-bond donors (Lipinski definition) is 2. The zero-order valence-electron chi connectivity index (χ0n) is 17.1. The molecular formula is C24H27O4P. The van der Waals surface area contributed by atoms with Crippen molar-refractivity contribution >= 4 is 7.37 Å². The molecule has 152 valence electrons. The van der Waals surface area contributed by atoms with Crippen LogP contribution in [0.1, 0.15) is 33.4 Å². The van der Waals surface area contributed by atoms with Gasteiger partial charge < -0.3 is 14.7 Å². The molecule has 0 heterocycles. The van der Waals surface area contributed by atoms with Gasteiger partial charge in [0.2, 0.25) is 7.37 Å². The van der Waals surface area contributed by atoms with Gasteiger partial charge in [0.1, 0.15) is 11.5 Å². The highest BCUT2D eigenvalue weighted by molar-refractivity contribution is 7.56. The number of ether oxygens (including phenoxy) is 1. The standard InChI is InChI=1S/C24H27O4P/c1-17-11-22(28-16-29(3,26)27)12-18(2)23(17)15-20-9-10-24(25)21(14-20)13-19-7-5-4-6-8-19/h4-12,14,25H,13,15-16H2,1-3H3,(H,26,27). The second kappa shape index (κ2) is 8.86. The summed E-state index contributed by atoms with van der Waals surface area (Å²) in [5.41, 5.74) is 6.53. The summed E-state index contributed by atoms with van der Waals surface area (Å²) in [6, 6.07) is 19.7. The lowest BCUT2D eigenvalue weighted by molar-refractivity contribution is 0.352. The maximum atomic E-state index is 11.5. The van der Waals surface area contributed by atoms with Crippen LogP contribution in [0, 0.1) is 13.8 Å². The summed E-state index contributed by atoms with van der Waals surface area (Å²) in [5.74, 6) is 0.915. The maximum absolute atomic E-state index is 11.5. The number of benzene rings is 3. The quantitative estimate of drug-likeness (QED) is 0.510. The first-order valence-electron chi connectivity index (χ1n) is 9.58. The third-order valence-electron chi connectivity index (χ3n) is 4.90. The molecule has 3 aromatic rings. The number of hydrogen-bond acceptors (Lipinski definition) is 3. The van der Waals surface area contributed by atoms with Crippen LogP contribution >= 0.6 is 7.37 Å². The summed E-state index contributed by atoms with van der Waals surface area (Å²) >= 11 is 0. The molecule has 0 spiro atoms. The first-order chi connectivity index (χ1) is 13.7. The Bertz CT molecular complexity index is 1010. The van der Waals surface area contributed by atoms with Gasteiger partial charge >= 0.3 is 0 Å². The van der Waals surface area contributed by atoms with Crippen LogP contribution in [0.25, 0.3) is 0 Å². The number of aryl methyl sites for hydroxylation is 2. The van der Waals surface area contributed by atoms with Crippen LogP contribution in [0.3, 0.4) is 0 Å². The summed E-state index contributed by atoms with van der Waals surface area (Å²) in [5, 5.41) is 10.3. The zero-order chi connectivity index (χ0) is 21.0. The van der Waals surface area contributed by atoms with Gasteiger partial charge in [0.25, 0.3) is 0 Å². The minimum Gasteiger partial charge on any atom is -0.508 e. The van der Waals surface area contributed by atoms with Crippen molar-refractivity contribution in [2.24, 2.45) is 0 Å². The van der Waals surface area contributed by atoms with Crippen molar-refractivity contribution in [3.8, 4) is 11.5 Å². The lowest BCUT2D eigenvalue weighted by Crippen LogP contribution is -2.01. The molecule has 0 radical (unpaired) electrons. The van der Waals surface area contributed by atoms with Gasteiger partial charge in [-0.2, -0.15) is 0 Å². The number of phenolic OH excluding ortho intramolecular Hbond substituents is 1. The summed E-state index contributed by atoms with van der Waals surface area (Å²) < 4.78 is 17.0. The van der Waals surface area contributed by atoms with E-state index in [-0.39, 0.29) is 6.35 Å². The van der Waals surface area contributed by atoms with E-state index in [2.05, 4.69) is 18.2 Å². The van der Waals surface area contributed by atoms with Crippen LogP contribution in [0.2, 0.25) is 0 Å². The molecule has 29 heavy (non-hydrogen) atoms. The van der Waals surface area contributed by atoms with Crippen molar-refractivity contribution in [3.63, 3.8) is 0 Å². The van der Waals surface area contributed by atoms with Crippen molar-refractivity contribution in [2.75, 3.05) is 13.0 Å². The monoisotopic (exact) mass is 410 g/mol. The van der Waals surface area contributed by atoms with E-state index < -0.39 is 7.37 Å². The number of aromatic hydroxyl groups is 1. The van der Waals surface area contributed by atoms with Gasteiger partial charge in [-0.1, -0.05) is 42.5 Å². The van der Waals surface area contributed by atoms with Crippen LogP contribution < -0.4 is 4.74 Å². The highest BCUT2D eigenvalue weighted by Gasteiger charge is 2.13. The van der Waals surface area contributed by atoms with Crippen molar-refractivity contribution in [3.05, 3.63) is 94.0 Å². The summed E-state index contributed by atoms with van der Waals surface area (Å²) in [6.45, 7) is 5.33. The van der Waals surface area contributed by atoms with E-state index in [0.717, 1.165) is 34.2 Å². The molecule has 3 rings (SSSR count). The van der Waals surface area contributed by atoms with E-state index in [9.17, 15) is 14.6 Å². The molecule has 0 aliphatic rings. The van der Waals surface area contributed by atoms with Gasteiger partial charge in [-0.3, -0.25) is 4.57 Å². The Balaban J connectivity index is 1.81. The summed E-state index contributed by atoms with van der Waals surface area (Å²) in [6.07, 6.45) is 1.24. The third-order valence-corrected chi connectivity index (χ3v) is 5.51. The molecule has 0 bridgehead atoms. The van der Waals surface area contributed by atoms with Gasteiger partial charge in [0.15, 0.2) is 6.35 Å². The molecule has 0 aromatic heterocycles. The van der Waals surface area contributed by atoms with E-state index in [4.69, 9.17) is 4.74 Å². The van der Waals surface area contributed by atoms with Crippen molar-refractivity contribution in [2.45, 2.75) is 26.7 Å². The molecule has 2 N–H and O–H groups in total. The average molecular weight is 410 g/mol. The number of rotatable bonds is 7. The van der Waals surface area contributed by atoms with Crippen molar-refractivity contribution in [1.82, 2.24) is 0 Å². The molecule has 1 atom stereocenters. The molecule has 4 nitrogen and oxygen atoms in total. The predicted molar refractivity (Wildman–Crippen MR) is 117 cm³/mol. The topological polar surface area (TPSA) is 66.8 Å². The SMILES string of the molecule is Cc1cc(OCP(C)(=O)O)cc(C)c1Cc1ccc(O)c(Cc2ccccc2)c1. The van der Waals surface area contributed by atoms with E-state index in [1.165, 1.54) is 12.2 Å². The Hall–Kier alpha value is -2.55. The highest BCUT2D eigenvalue weighted by atomic mass is 31.2. The second-order valence-corrected chi connectivity index (χ2v) is 10.0. The smallest absolute Gasteiger partial charge is 0.233 e. The van der Waals surface area contributed by atoms with E-state index >= 15 is 0 Å². The Morgan fingerprint density at radius 2 is 1.55 bits per heavy atom. The van der Waals surface area contributed by atoms with Crippen LogP contribution in [0.5, 0.6) is 11.5 Å². The molecule has 3 aromatic carbocycles. The lowest BCUT2D eigenvalue weighted by atomic mass is 9.93.